The lowest BCUT2D eigenvalue weighted by Gasteiger charge is -2.02. The summed E-state index contributed by atoms with van der Waals surface area (Å²) in [6.07, 6.45) is 27.5. The van der Waals surface area contributed by atoms with Gasteiger partial charge >= 0.3 is 0 Å². The summed E-state index contributed by atoms with van der Waals surface area (Å²) >= 11 is 0. The van der Waals surface area contributed by atoms with Crippen molar-refractivity contribution >= 4 is 6.08 Å². The van der Waals surface area contributed by atoms with Gasteiger partial charge in [-0.15, -0.1) is 0 Å². The molecule has 0 heterocycles. The van der Waals surface area contributed by atoms with Crippen LogP contribution in [0.1, 0.15) is 102 Å². The van der Waals surface area contributed by atoms with Crippen LogP contribution in [0.2, 0.25) is 0 Å². The normalized spacial score (nSPS) is 11.6. The lowest BCUT2D eigenvalue weighted by Crippen LogP contribution is -1.88. The molecule has 27 heavy (non-hydrogen) atoms. The number of unbranched alkanes of at least 4 members (excludes halogenated alkanes) is 12. The van der Waals surface area contributed by atoms with Crippen molar-refractivity contribution in [3.8, 4) is 0 Å². The number of hydrogen-bond acceptors (Lipinski definition) is 1. The van der Waals surface area contributed by atoms with E-state index in [0.29, 0.717) is 0 Å². The van der Waals surface area contributed by atoms with Gasteiger partial charge in [0.05, 0.1) is 12.9 Å². The van der Waals surface area contributed by atoms with E-state index in [-0.39, 0.29) is 0 Å². The lowest BCUT2D eigenvalue weighted by molar-refractivity contribution is 0.243. The number of hydrogen-bond donors (Lipinski definition) is 0. The highest BCUT2D eigenvalue weighted by Gasteiger charge is 1.92. The molecular formula is C26H42O. The maximum Gasteiger partial charge on any atom is 0.0873 e. The Morgan fingerprint density at radius 3 is 1.85 bits per heavy atom. The minimum Gasteiger partial charge on any atom is -0.501 e. The van der Waals surface area contributed by atoms with Crippen LogP contribution >= 0.6 is 0 Å². The number of benzene rings is 1. The van der Waals surface area contributed by atoms with Gasteiger partial charge in [0.1, 0.15) is 0 Å². The highest BCUT2D eigenvalue weighted by atomic mass is 16.5. The first-order chi connectivity index (χ1) is 13.4. The Morgan fingerprint density at radius 1 is 0.667 bits per heavy atom. The molecule has 0 atom stereocenters. The molecule has 0 saturated carbocycles. The van der Waals surface area contributed by atoms with Crippen molar-refractivity contribution in [3.63, 3.8) is 0 Å². The summed E-state index contributed by atoms with van der Waals surface area (Å²) in [6, 6.07) is 10.3. The molecule has 0 N–H and O–H groups in total. The van der Waals surface area contributed by atoms with Crippen molar-refractivity contribution in [3.05, 3.63) is 54.3 Å². The van der Waals surface area contributed by atoms with Crippen molar-refractivity contribution in [2.45, 2.75) is 96.8 Å². The maximum absolute atomic E-state index is 5.57. The Bertz CT molecular complexity index is 460. The molecule has 0 radical (unpaired) electrons. The molecule has 1 aromatic carbocycles. The molecule has 1 rings (SSSR count). The Balaban J connectivity index is 1.76. The van der Waals surface area contributed by atoms with Crippen molar-refractivity contribution in [2.24, 2.45) is 0 Å². The summed E-state index contributed by atoms with van der Waals surface area (Å²) in [5.41, 5.74) is 1.19. The first-order valence-electron chi connectivity index (χ1n) is 11.4. The van der Waals surface area contributed by atoms with Gasteiger partial charge in [-0.25, -0.2) is 0 Å². The van der Waals surface area contributed by atoms with Gasteiger partial charge in [0.25, 0.3) is 0 Å². The summed E-state index contributed by atoms with van der Waals surface area (Å²) in [6.45, 7) is 3.12. The van der Waals surface area contributed by atoms with E-state index in [2.05, 4.69) is 31.2 Å². The van der Waals surface area contributed by atoms with E-state index in [9.17, 15) is 0 Å². The van der Waals surface area contributed by atoms with Gasteiger partial charge in [-0.3, -0.25) is 0 Å². The molecule has 1 aromatic rings. The lowest BCUT2D eigenvalue weighted by atomic mass is 10.1. The van der Waals surface area contributed by atoms with Crippen LogP contribution in [0.25, 0.3) is 6.08 Å². The second kappa shape index (κ2) is 19.3. The third-order valence-corrected chi connectivity index (χ3v) is 4.93. The molecule has 1 heteroatoms. The second-order valence-electron chi connectivity index (χ2n) is 7.52. The van der Waals surface area contributed by atoms with E-state index in [1.54, 1.807) is 0 Å². The molecule has 0 bridgehead atoms. The number of rotatable bonds is 18. The molecule has 152 valence electrons. The predicted octanol–water partition coefficient (Wildman–Crippen LogP) is 8.71. The van der Waals surface area contributed by atoms with E-state index >= 15 is 0 Å². The summed E-state index contributed by atoms with van der Waals surface area (Å²) in [7, 11) is 0. The molecule has 0 aromatic heterocycles. The fourth-order valence-electron chi connectivity index (χ4n) is 3.19. The van der Waals surface area contributed by atoms with Crippen LogP contribution in [-0.4, -0.2) is 6.61 Å². The summed E-state index contributed by atoms with van der Waals surface area (Å²) in [5.74, 6) is 0. The third kappa shape index (κ3) is 16.4. The van der Waals surface area contributed by atoms with E-state index in [1.165, 1.54) is 89.0 Å². The summed E-state index contributed by atoms with van der Waals surface area (Å²) in [5, 5.41) is 0. The number of allylic oxidation sites excluding steroid dienone is 2. The van der Waals surface area contributed by atoms with Crippen molar-refractivity contribution < 1.29 is 4.74 Å². The molecule has 0 aliphatic rings. The van der Waals surface area contributed by atoms with Crippen LogP contribution in [0.15, 0.2) is 48.7 Å². The van der Waals surface area contributed by atoms with Crippen molar-refractivity contribution in [1.82, 2.24) is 0 Å². The molecule has 0 spiro atoms. The van der Waals surface area contributed by atoms with Gasteiger partial charge < -0.3 is 4.74 Å². The molecule has 0 aliphatic heterocycles. The van der Waals surface area contributed by atoms with E-state index < -0.39 is 0 Å². The summed E-state index contributed by atoms with van der Waals surface area (Å²) in [4.78, 5) is 0. The van der Waals surface area contributed by atoms with Crippen LogP contribution in [0.5, 0.6) is 0 Å². The van der Waals surface area contributed by atoms with Crippen LogP contribution in [0, 0.1) is 0 Å². The molecule has 1 nitrogen and oxygen atoms in total. The van der Waals surface area contributed by atoms with Crippen molar-refractivity contribution in [1.29, 1.82) is 0 Å². The van der Waals surface area contributed by atoms with E-state index in [4.69, 9.17) is 4.74 Å². The fraction of sp³-hybridized carbons (Fsp3) is 0.615. The quantitative estimate of drug-likeness (QED) is 0.143. The zero-order valence-electron chi connectivity index (χ0n) is 17.7. The minimum atomic E-state index is 0.838. The Labute approximate surface area is 168 Å². The Hall–Kier alpha value is -1.50. The highest BCUT2D eigenvalue weighted by Crippen LogP contribution is 2.10. The Morgan fingerprint density at radius 2 is 1.22 bits per heavy atom. The van der Waals surface area contributed by atoms with Gasteiger partial charge in [-0.1, -0.05) is 107 Å². The largest absolute Gasteiger partial charge is 0.501 e. The minimum absolute atomic E-state index is 0.838. The maximum atomic E-state index is 5.57. The Kier molecular flexibility index (Phi) is 16.8. The molecule has 0 aliphatic carbocycles. The van der Waals surface area contributed by atoms with Gasteiger partial charge in [0, 0.05) is 0 Å². The fourth-order valence-corrected chi connectivity index (χ4v) is 3.19. The van der Waals surface area contributed by atoms with E-state index in [0.717, 1.165) is 13.0 Å². The van der Waals surface area contributed by atoms with Gasteiger partial charge in [0.2, 0.25) is 0 Å². The SMILES string of the molecule is CCCCCCCCC=CCCCCCCCCOC=Cc1ccccc1. The predicted molar refractivity (Wildman–Crippen MR) is 121 cm³/mol. The third-order valence-electron chi connectivity index (χ3n) is 4.93. The zero-order chi connectivity index (χ0) is 19.3. The molecule has 0 saturated heterocycles. The number of ether oxygens (including phenoxy) is 1. The second-order valence-corrected chi connectivity index (χ2v) is 7.52. The summed E-state index contributed by atoms with van der Waals surface area (Å²) < 4.78 is 5.57. The first kappa shape index (κ1) is 23.5. The highest BCUT2D eigenvalue weighted by molar-refractivity contribution is 5.47. The van der Waals surface area contributed by atoms with Crippen LogP contribution in [0.4, 0.5) is 0 Å². The zero-order valence-corrected chi connectivity index (χ0v) is 17.7. The van der Waals surface area contributed by atoms with Crippen molar-refractivity contribution in [2.75, 3.05) is 6.61 Å². The average molecular weight is 371 g/mol. The van der Waals surface area contributed by atoms with Crippen LogP contribution in [0.3, 0.4) is 0 Å². The van der Waals surface area contributed by atoms with Crippen LogP contribution in [-0.2, 0) is 4.74 Å². The smallest absolute Gasteiger partial charge is 0.0873 e. The average Bonchev–Trinajstić information content (AvgIpc) is 2.70. The van der Waals surface area contributed by atoms with E-state index in [1.807, 2.05) is 30.5 Å². The van der Waals surface area contributed by atoms with Gasteiger partial charge in [0.15, 0.2) is 0 Å². The molecule has 0 fully saturated rings. The van der Waals surface area contributed by atoms with Gasteiger partial charge in [-0.2, -0.15) is 0 Å². The monoisotopic (exact) mass is 370 g/mol. The standard InChI is InChI=1S/C26H42O/c1-2-3-4-5-6-7-8-9-10-11-12-13-14-15-16-20-24-27-25-23-26-21-18-17-19-22-26/h9-10,17-19,21-23,25H,2-8,11-16,20,24H2,1H3. The van der Waals surface area contributed by atoms with Gasteiger partial charge in [-0.05, 0) is 43.7 Å². The molecule has 0 amide bonds. The molecular weight excluding hydrogens is 328 g/mol. The first-order valence-corrected chi connectivity index (χ1v) is 11.4. The molecule has 0 unspecified atom stereocenters. The van der Waals surface area contributed by atoms with Crippen LogP contribution < -0.4 is 0 Å². The topological polar surface area (TPSA) is 9.23 Å².